The van der Waals surface area contributed by atoms with Gasteiger partial charge in [0.2, 0.25) is 0 Å². The molecule has 9 heteroatoms. The van der Waals surface area contributed by atoms with Gasteiger partial charge in [0, 0.05) is 49.3 Å². The normalized spacial score (nSPS) is 15.7. The predicted molar refractivity (Wildman–Crippen MR) is 146 cm³/mol. The number of para-hydroxylation sites is 1. The summed E-state index contributed by atoms with van der Waals surface area (Å²) < 4.78 is 2.06. The Morgan fingerprint density at radius 1 is 1.28 bits per heavy atom. The molecule has 0 amide bonds. The van der Waals surface area contributed by atoms with E-state index in [4.69, 9.17) is 10.7 Å². The fraction of sp³-hybridized carbons (Fsp3) is 0.407. The van der Waals surface area contributed by atoms with Crippen molar-refractivity contribution in [3.8, 4) is 0 Å². The lowest BCUT2D eigenvalue weighted by molar-refractivity contribution is 0.0703. The van der Waals surface area contributed by atoms with Crippen molar-refractivity contribution in [3.05, 3.63) is 52.5 Å². The van der Waals surface area contributed by atoms with Crippen LogP contribution >= 0.6 is 11.3 Å². The standard InChI is InChI=1S/C27H33N5O3S/c1-3-6-17-14-22(30-26-23(17)24(28)25(36-26)27(34)35)32-11-9-18(10-12-32)29-15-21(33)20-13-16-7-4-5-8-19(16)31(20)2/h4-5,7-8,13-14,18,21,29,33H,3,6,9-12,15,28H2,1-2H3,(H,34,35). The van der Waals surface area contributed by atoms with E-state index in [9.17, 15) is 15.0 Å². The third-order valence-electron chi connectivity index (χ3n) is 7.23. The topological polar surface area (TPSA) is 117 Å². The molecule has 8 nitrogen and oxygen atoms in total. The number of pyridine rings is 1. The average Bonchev–Trinajstić information content (AvgIpc) is 3.40. The number of thiophene rings is 1. The van der Waals surface area contributed by atoms with Crippen molar-refractivity contribution in [2.24, 2.45) is 7.05 Å². The Balaban J connectivity index is 1.25. The van der Waals surface area contributed by atoms with Crippen molar-refractivity contribution < 1.29 is 15.0 Å². The molecule has 4 aromatic rings. The summed E-state index contributed by atoms with van der Waals surface area (Å²) in [7, 11) is 2.00. The van der Waals surface area contributed by atoms with Crippen LogP contribution < -0.4 is 16.0 Å². The molecule has 36 heavy (non-hydrogen) atoms. The molecule has 0 bridgehead atoms. The number of aryl methyl sites for hydroxylation is 2. The minimum absolute atomic E-state index is 0.166. The van der Waals surface area contributed by atoms with Crippen LogP contribution in [-0.2, 0) is 13.5 Å². The summed E-state index contributed by atoms with van der Waals surface area (Å²) in [4.78, 5) is 19.6. The van der Waals surface area contributed by atoms with Crippen LogP contribution in [0, 0.1) is 0 Å². The van der Waals surface area contributed by atoms with E-state index >= 15 is 0 Å². The minimum Gasteiger partial charge on any atom is -0.477 e. The summed E-state index contributed by atoms with van der Waals surface area (Å²) in [6, 6.07) is 12.6. The number of fused-ring (bicyclic) bond motifs is 2. The third kappa shape index (κ3) is 4.54. The molecule has 0 spiro atoms. The van der Waals surface area contributed by atoms with Crippen LogP contribution in [0.25, 0.3) is 21.1 Å². The average molecular weight is 508 g/mol. The van der Waals surface area contributed by atoms with E-state index in [1.54, 1.807) is 0 Å². The first-order valence-electron chi connectivity index (χ1n) is 12.5. The maximum atomic E-state index is 11.6. The van der Waals surface area contributed by atoms with Gasteiger partial charge in [0.05, 0.1) is 5.69 Å². The van der Waals surface area contributed by atoms with Gasteiger partial charge in [-0.15, -0.1) is 11.3 Å². The van der Waals surface area contributed by atoms with Crippen molar-refractivity contribution in [2.75, 3.05) is 30.3 Å². The molecule has 1 unspecified atom stereocenters. The fourth-order valence-electron chi connectivity index (χ4n) is 5.30. The Morgan fingerprint density at radius 2 is 2.03 bits per heavy atom. The summed E-state index contributed by atoms with van der Waals surface area (Å²) in [6.45, 7) is 4.30. The number of carboxylic acid groups (broad SMARTS) is 1. The number of hydrogen-bond acceptors (Lipinski definition) is 7. The second kappa shape index (κ2) is 10.1. The van der Waals surface area contributed by atoms with Gasteiger partial charge in [0.15, 0.2) is 0 Å². The molecular weight excluding hydrogens is 474 g/mol. The molecule has 0 radical (unpaired) electrons. The maximum Gasteiger partial charge on any atom is 0.348 e. The number of nitrogens with one attached hydrogen (secondary N) is 1. The first-order chi connectivity index (χ1) is 17.4. The van der Waals surface area contributed by atoms with Crippen LogP contribution in [0.1, 0.15) is 53.2 Å². The smallest absolute Gasteiger partial charge is 0.348 e. The van der Waals surface area contributed by atoms with E-state index in [0.29, 0.717) is 23.1 Å². The Morgan fingerprint density at radius 3 is 2.72 bits per heavy atom. The number of anilines is 2. The Hall–Kier alpha value is -3.14. The first-order valence-corrected chi connectivity index (χ1v) is 13.3. The summed E-state index contributed by atoms with van der Waals surface area (Å²) in [5.74, 6) is -0.116. The summed E-state index contributed by atoms with van der Waals surface area (Å²) in [5.41, 5.74) is 9.63. The van der Waals surface area contributed by atoms with Crippen LogP contribution in [0.2, 0.25) is 0 Å². The maximum absolute atomic E-state index is 11.6. The van der Waals surface area contributed by atoms with Crippen molar-refractivity contribution in [3.63, 3.8) is 0 Å². The van der Waals surface area contributed by atoms with Crippen molar-refractivity contribution >= 4 is 49.9 Å². The third-order valence-corrected chi connectivity index (χ3v) is 8.32. The second-order valence-corrected chi connectivity index (χ2v) is 10.6. The molecule has 1 fully saturated rings. The Kier molecular flexibility index (Phi) is 6.87. The number of nitrogens with zero attached hydrogens (tertiary/aromatic N) is 3. The number of benzene rings is 1. The Labute approximate surface area is 214 Å². The molecule has 5 N–H and O–H groups in total. The highest BCUT2D eigenvalue weighted by Crippen LogP contribution is 2.37. The fourth-order valence-corrected chi connectivity index (χ4v) is 6.27. The van der Waals surface area contributed by atoms with Gasteiger partial charge in [-0.3, -0.25) is 0 Å². The Bertz CT molecular complexity index is 1400. The zero-order valence-corrected chi connectivity index (χ0v) is 21.5. The lowest BCUT2D eigenvalue weighted by atomic mass is 10.0. The molecule has 190 valence electrons. The first kappa shape index (κ1) is 24.5. The quantitative estimate of drug-likeness (QED) is 0.281. The highest BCUT2D eigenvalue weighted by atomic mass is 32.1. The number of nitrogens with two attached hydrogens (primary N) is 1. The van der Waals surface area contributed by atoms with Crippen LogP contribution in [-0.4, -0.2) is 51.4 Å². The number of aromatic nitrogens is 2. The molecule has 3 aromatic heterocycles. The highest BCUT2D eigenvalue weighted by Gasteiger charge is 2.25. The summed E-state index contributed by atoms with van der Waals surface area (Å²) in [5, 5.41) is 25.9. The van der Waals surface area contributed by atoms with Crippen molar-refractivity contribution in [1.82, 2.24) is 14.9 Å². The van der Waals surface area contributed by atoms with Crippen LogP contribution in [0.15, 0.2) is 36.4 Å². The second-order valence-electron chi connectivity index (χ2n) is 9.59. The number of hydrogen-bond donors (Lipinski definition) is 4. The van der Waals surface area contributed by atoms with Crippen LogP contribution in [0.3, 0.4) is 0 Å². The minimum atomic E-state index is -1.00. The zero-order valence-electron chi connectivity index (χ0n) is 20.7. The number of nitrogen functional groups attached to an aromatic ring is 1. The molecule has 1 aliphatic heterocycles. The van der Waals surface area contributed by atoms with Crippen molar-refractivity contribution in [2.45, 2.75) is 44.8 Å². The van der Waals surface area contributed by atoms with E-state index < -0.39 is 12.1 Å². The van der Waals surface area contributed by atoms with E-state index in [1.165, 1.54) is 0 Å². The predicted octanol–water partition coefficient (Wildman–Crippen LogP) is 4.31. The summed E-state index contributed by atoms with van der Waals surface area (Å²) in [6.07, 6.45) is 3.08. The molecule has 1 saturated heterocycles. The van der Waals surface area contributed by atoms with Gasteiger partial charge in [0.1, 0.15) is 21.6 Å². The van der Waals surface area contributed by atoms with Crippen LogP contribution in [0.5, 0.6) is 0 Å². The molecule has 1 atom stereocenters. The number of carboxylic acids is 1. The highest BCUT2D eigenvalue weighted by molar-refractivity contribution is 7.21. The van der Waals surface area contributed by atoms with E-state index in [2.05, 4.69) is 46.0 Å². The van der Waals surface area contributed by atoms with Gasteiger partial charge < -0.3 is 30.7 Å². The molecule has 1 aliphatic rings. The van der Waals surface area contributed by atoms with E-state index in [1.807, 2.05) is 19.2 Å². The lowest BCUT2D eigenvalue weighted by Gasteiger charge is -2.34. The van der Waals surface area contributed by atoms with Gasteiger partial charge >= 0.3 is 5.97 Å². The molecular formula is C27H33N5O3S. The van der Waals surface area contributed by atoms with Gasteiger partial charge in [-0.2, -0.15) is 0 Å². The van der Waals surface area contributed by atoms with Gasteiger partial charge in [-0.1, -0.05) is 31.5 Å². The van der Waals surface area contributed by atoms with Gasteiger partial charge in [-0.05, 0) is 48.4 Å². The van der Waals surface area contributed by atoms with Gasteiger partial charge in [-0.25, -0.2) is 9.78 Å². The number of rotatable bonds is 8. The number of piperidine rings is 1. The summed E-state index contributed by atoms with van der Waals surface area (Å²) >= 11 is 1.16. The molecule has 4 heterocycles. The number of carbonyl (C=O) groups is 1. The van der Waals surface area contributed by atoms with Gasteiger partial charge in [0.25, 0.3) is 0 Å². The molecule has 1 aromatic carbocycles. The number of aromatic carboxylic acids is 1. The monoisotopic (exact) mass is 507 g/mol. The molecule has 5 rings (SSSR count). The SMILES string of the molecule is CCCc1cc(N2CCC(NCC(O)c3cc4ccccc4n3C)CC2)nc2sc(C(=O)O)c(N)c12. The molecule has 0 saturated carbocycles. The number of aliphatic hydroxyl groups excluding tert-OH is 1. The largest absolute Gasteiger partial charge is 0.477 e. The van der Waals surface area contributed by atoms with Crippen molar-refractivity contribution in [1.29, 1.82) is 0 Å². The van der Waals surface area contributed by atoms with E-state index in [-0.39, 0.29) is 4.88 Å². The van der Waals surface area contributed by atoms with Crippen LogP contribution in [0.4, 0.5) is 11.5 Å². The lowest BCUT2D eigenvalue weighted by Crippen LogP contribution is -2.44. The number of aliphatic hydroxyl groups is 1. The van der Waals surface area contributed by atoms with E-state index in [0.717, 1.165) is 83.5 Å². The molecule has 0 aliphatic carbocycles. The zero-order chi connectivity index (χ0) is 25.4.